The third-order valence-corrected chi connectivity index (χ3v) is 5.37. The van der Waals surface area contributed by atoms with E-state index in [1.54, 1.807) is 14.2 Å². The molecular weight excluding hydrogens is 416 g/mol. The Morgan fingerprint density at radius 1 is 0.848 bits per heavy atom. The summed E-state index contributed by atoms with van der Waals surface area (Å²) in [5.41, 5.74) is 3.92. The van der Waals surface area contributed by atoms with Crippen LogP contribution in [0.1, 0.15) is 24.8 Å². The Kier molecular flexibility index (Phi) is 6.69. The average Bonchev–Trinajstić information content (AvgIpc) is 3.00. The maximum Gasteiger partial charge on any atom is 0.324 e. The number of rotatable bonds is 5. The molecule has 3 aromatic rings. The van der Waals surface area contributed by atoms with E-state index >= 15 is 0 Å². The first-order valence-electron chi connectivity index (χ1n) is 10.7. The molecule has 4 rings (SSSR count). The van der Waals surface area contributed by atoms with Gasteiger partial charge >= 0.3 is 6.03 Å². The number of aliphatic imine (C=N–C) groups is 2. The van der Waals surface area contributed by atoms with E-state index in [4.69, 9.17) is 19.5 Å². The molecule has 0 aromatic heterocycles. The summed E-state index contributed by atoms with van der Waals surface area (Å²) in [4.78, 5) is 22.7. The van der Waals surface area contributed by atoms with Crippen LogP contribution in [-0.4, -0.2) is 31.8 Å². The number of anilines is 1. The molecule has 1 aliphatic heterocycles. The maximum absolute atomic E-state index is 12.9. The number of ether oxygens (including phenoxy) is 2. The Balaban J connectivity index is 1.78. The van der Waals surface area contributed by atoms with Crippen molar-refractivity contribution in [2.75, 3.05) is 19.5 Å². The molecule has 7 heteroatoms. The molecule has 1 aliphatic rings. The lowest BCUT2D eigenvalue weighted by molar-refractivity contribution is 0.256. The number of methoxy groups -OCH3 is 2. The van der Waals surface area contributed by atoms with Crippen LogP contribution in [0.4, 0.5) is 21.9 Å². The Bertz CT molecular complexity index is 1210. The van der Waals surface area contributed by atoms with Crippen LogP contribution >= 0.6 is 0 Å². The van der Waals surface area contributed by atoms with Crippen molar-refractivity contribution in [2.45, 2.75) is 19.3 Å². The number of nitrogens with zero attached hydrogens (tertiary/aromatic N) is 2. The topological polar surface area (TPSA) is 84.3 Å². The fraction of sp³-hybridized carbons (Fsp3) is 0.192. The van der Waals surface area contributed by atoms with Gasteiger partial charge in [0.15, 0.2) is 11.5 Å². The molecule has 2 amide bonds. The van der Waals surface area contributed by atoms with Gasteiger partial charge in [-0.05, 0) is 48.4 Å². The zero-order valence-corrected chi connectivity index (χ0v) is 18.8. The molecule has 0 bridgehead atoms. The van der Waals surface area contributed by atoms with Crippen LogP contribution in [0.3, 0.4) is 0 Å². The van der Waals surface area contributed by atoms with E-state index in [9.17, 15) is 4.79 Å². The number of amides is 2. The lowest BCUT2D eigenvalue weighted by Gasteiger charge is -2.22. The lowest BCUT2D eigenvalue weighted by Crippen LogP contribution is -2.40. The minimum atomic E-state index is -0.375. The molecule has 1 atom stereocenters. The van der Waals surface area contributed by atoms with Gasteiger partial charge in [-0.1, -0.05) is 43.3 Å². The summed E-state index contributed by atoms with van der Waals surface area (Å²) in [7, 11) is 3.20. The number of amidine groups is 1. The zero-order chi connectivity index (χ0) is 23.2. The highest BCUT2D eigenvalue weighted by atomic mass is 16.5. The fourth-order valence-corrected chi connectivity index (χ4v) is 3.79. The molecular formula is C26H26N4O3. The molecule has 1 heterocycles. The molecule has 33 heavy (non-hydrogen) atoms. The zero-order valence-electron chi connectivity index (χ0n) is 18.8. The number of carbonyl (C=O) groups excluding carboxylic acids is 1. The average molecular weight is 443 g/mol. The molecule has 0 fully saturated rings. The van der Waals surface area contributed by atoms with Gasteiger partial charge in [0.25, 0.3) is 0 Å². The van der Waals surface area contributed by atoms with Gasteiger partial charge in [-0.25, -0.2) is 9.79 Å². The summed E-state index contributed by atoms with van der Waals surface area (Å²) < 4.78 is 10.9. The summed E-state index contributed by atoms with van der Waals surface area (Å²) >= 11 is 0. The molecule has 0 aliphatic carbocycles. The number of carbonyl (C=O) groups is 1. The van der Waals surface area contributed by atoms with E-state index in [0.29, 0.717) is 35.1 Å². The van der Waals surface area contributed by atoms with Crippen molar-refractivity contribution in [1.29, 1.82) is 0 Å². The van der Waals surface area contributed by atoms with Crippen LogP contribution < -0.4 is 20.1 Å². The number of hydrogen-bond donors (Lipinski definition) is 2. The molecule has 0 radical (unpaired) electrons. The van der Waals surface area contributed by atoms with E-state index in [1.807, 2.05) is 79.7 Å². The quantitative estimate of drug-likeness (QED) is 0.521. The maximum atomic E-state index is 12.9. The monoisotopic (exact) mass is 442 g/mol. The second kappa shape index (κ2) is 9.99. The standard InChI is InChI=1S/C26H26N4O3/c1-4-19-24(17-14-15-22(32-2)23(16-17)33-3)25(29-21-13-9-8-12-20(21)28-19)30-26(31)27-18-10-6-5-7-11-18/h5-16,24H,4H2,1-3H3,(H2,27,29,30,31). The van der Waals surface area contributed by atoms with Crippen molar-refractivity contribution in [3.8, 4) is 11.5 Å². The minimum absolute atomic E-state index is 0.372. The van der Waals surface area contributed by atoms with E-state index in [0.717, 1.165) is 17.0 Å². The van der Waals surface area contributed by atoms with Crippen LogP contribution in [0.5, 0.6) is 11.5 Å². The lowest BCUT2D eigenvalue weighted by atomic mass is 9.90. The van der Waals surface area contributed by atoms with Gasteiger partial charge in [0, 0.05) is 11.4 Å². The van der Waals surface area contributed by atoms with Gasteiger partial charge in [0.2, 0.25) is 0 Å². The molecule has 7 nitrogen and oxygen atoms in total. The SMILES string of the molecule is CCC1=Nc2ccccc2N=C(NC(=O)Nc2ccccc2)C1c1ccc(OC)c(OC)c1. The number of benzene rings is 3. The predicted molar refractivity (Wildman–Crippen MR) is 132 cm³/mol. The van der Waals surface area contributed by atoms with Crippen molar-refractivity contribution in [1.82, 2.24) is 5.32 Å². The van der Waals surface area contributed by atoms with Crippen LogP contribution in [0, 0.1) is 0 Å². The van der Waals surface area contributed by atoms with Crippen molar-refractivity contribution < 1.29 is 14.3 Å². The number of urea groups is 1. The summed E-state index contributed by atoms with van der Waals surface area (Å²) in [6.45, 7) is 2.04. The third kappa shape index (κ3) is 4.87. The Morgan fingerprint density at radius 2 is 1.52 bits per heavy atom. The minimum Gasteiger partial charge on any atom is -0.493 e. The number of fused-ring (bicyclic) bond motifs is 1. The Labute approximate surface area is 193 Å². The van der Waals surface area contributed by atoms with Crippen LogP contribution in [-0.2, 0) is 0 Å². The largest absolute Gasteiger partial charge is 0.493 e. The van der Waals surface area contributed by atoms with E-state index in [-0.39, 0.29) is 11.9 Å². The van der Waals surface area contributed by atoms with Gasteiger partial charge in [-0.2, -0.15) is 0 Å². The fourth-order valence-electron chi connectivity index (χ4n) is 3.79. The highest BCUT2D eigenvalue weighted by Gasteiger charge is 2.29. The third-order valence-electron chi connectivity index (χ3n) is 5.37. The van der Waals surface area contributed by atoms with Gasteiger partial charge in [-0.15, -0.1) is 0 Å². The van der Waals surface area contributed by atoms with Crippen LogP contribution in [0.25, 0.3) is 0 Å². The molecule has 0 spiro atoms. The number of nitrogens with one attached hydrogen (secondary N) is 2. The first-order valence-corrected chi connectivity index (χ1v) is 10.7. The van der Waals surface area contributed by atoms with Crippen LogP contribution in [0.2, 0.25) is 0 Å². The second-order valence-electron chi connectivity index (χ2n) is 7.44. The summed E-state index contributed by atoms with van der Waals surface area (Å²) in [5, 5.41) is 5.84. The van der Waals surface area contributed by atoms with Crippen molar-refractivity contribution in [3.63, 3.8) is 0 Å². The molecule has 0 saturated carbocycles. The summed E-state index contributed by atoms with van der Waals surface area (Å²) in [6, 6.07) is 22.2. The second-order valence-corrected chi connectivity index (χ2v) is 7.44. The normalized spacial score (nSPS) is 14.8. The number of para-hydroxylation sites is 3. The van der Waals surface area contributed by atoms with E-state index in [2.05, 4.69) is 10.6 Å². The molecule has 168 valence electrons. The number of hydrogen-bond acceptors (Lipinski definition) is 5. The van der Waals surface area contributed by atoms with Gasteiger partial charge in [0.05, 0.1) is 31.5 Å². The highest BCUT2D eigenvalue weighted by Crippen LogP contribution is 2.37. The van der Waals surface area contributed by atoms with E-state index < -0.39 is 0 Å². The molecule has 3 aromatic carbocycles. The van der Waals surface area contributed by atoms with Crippen molar-refractivity contribution in [3.05, 3.63) is 78.4 Å². The Morgan fingerprint density at radius 3 is 2.18 bits per heavy atom. The summed E-state index contributed by atoms with van der Waals surface area (Å²) in [6.07, 6.45) is 0.675. The molecule has 0 saturated heterocycles. The molecule has 2 N–H and O–H groups in total. The molecule has 1 unspecified atom stereocenters. The van der Waals surface area contributed by atoms with Crippen molar-refractivity contribution in [2.24, 2.45) is 9.98 Å². The summed E-state index contributed by atoms with van der Waals surface area (Å²) in [5.74, 6) is 1.34. The van der Waals surface area contributed by atoms with Gasteiger partial charge in [0.1, 0.15) is 5.84 Å². The predicted octanol–water partition coefficient (Wildman–Crippen LogP) is 5.84. The van der Waals surface area contributed by atoms with E-state index in [1.165, 1.54) is 0 Å². The Hall–Kier alpha value is -4.13. The smallest absolute Gasteiger partial charge is 0.324 e. The van der Waals surface area contributed by atoms with Gasteiger partial charge in [-0.3, -0.25) is 10.3 Å². The highest BCUT2D eigenvalue weighted by molar-refractivity contribution is 6.18. The van der Waals surface area contributed by atoms with Crippen LogP contribution in [0.15, 0.2) is 82.8 Å². The van der Waals surface area contributed by atoms with Gasteiger partial charge < -0.3 is 14.8 Å². The first kappa shape index (κ1) is 22.1. The first-order chi connectivity index (χ1) is 16.1. The van der Waals surface area contributed by atoms with Crippen molar-refractivity contribution >= 4 is 34.6 Å².